The maximum absolute atomic E-state index is 12.2. The topological polar surface area (TPSA) is 110 Å². The number of aliphatic hydroxyl groups excluding tert-OH is 2. The van der Waals surface area contributed by atoms with E-state index in [-0.39, 0.29) is 41.9 Å². The highest BCUT2D eigenvalue weighted by Crippen LogP contribution is 2.68. The first-order valence-electron chi connectivity index (χ1n) is 13.4. The van der Waals surface area contributed by atoms with Crippen LogP contribution in [0.1, 0.15) is 91.4 Å². The van der Waals surface area contributed by atoms with E-state index in [1.807, 2.05) is 0 Å². The van der Waals surface area contributed by atoms with Gasteiger partial charge >= 0.3 is 0 Å². The van der Waals surface area contributed by atoms with Crippen molar-refractivity contribution in [2.75, 3.05) is 6.54 Å². The van der Waals surface area contributed by atoms with E-state index in [9.17, 15) is 24.9 Å². The van der Waals surface area contributed by atoms with Crippen LogP contribution in [0, 0.1) is 46.3 Å². The number of hydrogen-bond donors (Lipinski definition) is 3. The van der Waals surface area contributed by atoms with Gasteiger partial charge in [-0.05, 0) is 104 Å². The predicted molar refractivity (Wildman–Crippen MR) is 124 cm³/mol. The molecule has 6 nitrogen and oxygen atoms in total. The lowest BCUT2D eigenvalue weighted by Gasteiger charge is -2.62. The molecule has 1 amide bonds. The first-order chi connectivity index (χ1) is 15.6. The third-order valence-corrected chi connectivity index (χ3v) is 11.0. The van der Waals surface area contributed by atoms with Gasteiger partial charge in [-0.1, -0.05) is 20.8 Å². The summed E-state index contributed by atoms with van der Waals surface area (Å²) in [7, 11) is 0. The quantitative estimate of drug-likeness (QED) is 0.539. The van der Waals surface area contributed by atoms with Crippen LogP contribution < -0.4 is 10.4 Å². The number of fused-ring (bicyclic) bond motifs is 5. The average molecular weight is 463 g/mol. The lowest BCUT2D eigenvalue weighted by molar-refractivity contribution is -0.305. The minimum atomic E-state index is -1.15. The third kappa shape index (κ3) is 4.47. The number of amides is 1. The van der Waals surface area contributed by atoms with E-state index < -0.39 is 5.97 Å². The van der Waals surface area contributed by atoms with Gasteiger partial charge in [0.1, 0.15) is 0 Å². The number of nitrogens with one attached hydrogen (secondary N) is 1. The lowest BCUT2D eigenvalue weighted by Crippen LogP contribution is -2.58. The number of carbonyl (C=O) groups is 2. The van der Waals surface area contributed by atoms with Crippen LogP contribution in [0.15, 0.2) is 0 Å². The van der Waals surface area contributed by atoms with Gasteiger partial charge in [-0.25, -0.2) is 0 Å². The highest BCUT2D eigenvalue weighted by atomic mass is 16.4. The molecule has 0 unspecified atom stereocenters. The zero-order chi connectivity index (χ0) is 24.0. The Balaban J connectivity index is 1.41. The van der Waals surface area contributed by atoms with Crippen molar-refractivity contribution in [3.63, 3.8) is 0 Å². The van der Waals surface area contributed by atoms with Gasteiger partial charge in [-0.2, -0.15) is 0 Å². The zero-order valence-electron chi connectivity index (χ0n) is 20.7. The summed E-state index contributed by atoms with van der Waals surface area (Å²) in [6.45, 7) is 7.12. The van der Waals surface area contributed by atoms with E-state index in [1.54, 1.807) is 0 Å². The van der Waals surface area contributed by atoms with Gasteiger partial charge in [0.05, 0.1) is 12.2 Å². The van der Waals surface area contributed by atoms with Crippen molar-refractivity contribution in [2.45, 2.75) is 104 Å². The van der Waals surface area contributed by atoms with Crippen LogP contribution in [0.2, 0.25) is 0 Å². The van der Waals surface area contributed by atoms with Crippen LogP contribution in [-0.2, 0) is 9.59 Å². The lowest BCUT2D eigenvalue weighted by atomic mass is 9.43. The van der Waals surface area contributed by atoms with Gasteiger partial charge in [0.15, 0.2) is 0 Å². The standard InChI is InChI=1S/C27H45NO5/c1-16(4-9-24(31)28-13-11-25(32)33)20-7-8-21-19-6-5-17-14-18(29)10-12-26(17,2)22(19)15-23(30)27(20,21)3/h16-23,29-30H,4-15H2,1-3H3,(H,28,31)(H,32,33)/p-1/t16-,17-,18-,19+,20-,21+,22+,23+,26+,27-/m1/s1. The Hall–Kier alpha value is -1.14. The summed E-state index contributed by atoms with van der Waals surface area (Å²) < 4.78 is 0. The number of rotatable bonds is 7. The molecule has 4 aliphatic carbocycles. The summed E-state index contributed by atoms with van der Waals surface area (Å²) in [5.41, 5.74) is 0.154. The molecule has 0 saturated heterocycles. The van der Waals surface area contributed by atoms with Crippen LogP contribution in [0.5, 0.6) is 0 Å². The Kier molecular flexibility index (Phi) is 7.18. The molecule has 0 aromatic heterocycles. The Morgan fingerprint density at radius 3 is 2.52 bits per heavy atom. The van der Waals surface area contributed by atoms with Gasteiger partial charge in [0, 0.05) is 25.4 Å². The van der Waals surface area contributed by atoms with Crippen LogP contribution in [0.25, 0.3) is 0 Å². The van der Waals surface area contributed by atoms with Crippen LogP contribution >= 0.6 is 0 Å². The van der Waals surface area contributed by atoms with E-state index in [2.05, 4.69) is 26.1 Å². The smallest absolute Gasteiger partial charge is 0.220 e. The first-order valence-corrected chi connectivity index (χ1v) is 13.4. The van der Waals surface area contributed by atoms with E-state index >= 15 is 0 Å². The molecule has 4 fully saturated rings. The molecule has 10 atom stereocenters. The predicted octanol–water partition coefficient (Wildman–Crippen LogP) is 2.65. The number of hydrogen-bond acceptors (Lipinski definition) is 5. The Morgan fingerprint density at radius 2 is 1.79 bits per heavy atom. The minimum absolute atomic E-state index is 0.0938. The number of aliphatic hydroxyl groups is 2. The van der Waals surface area contributed by atoms with Gasteiger partial charge in [-0.3, -0.25) is 4.79 Å². The van der Waals surface area contributed by atoms with E-state index in [0.717, 1.165) is 38.5 Å². The fourth-order valence-electron chi connectivity index (χ4n) is 9.11. The maximum atomic E-state index is 12.2. The molecule has 0 aliphatic heterocycles. The van der Waals surface area contributed by atoms with Crippen LogP contribution in [-0.4, -0.2) is 40.8 Å². The number of carboxylic acid groups (broad SMARTS) is 1. The van der Waals surface area contributed by atoms with Crippen molar-refractivity contribution in [1.82, 2.24) is 5.32 Å². The molecule has 0 aromatic carbocycles. The molecule has 6 heteroatoms. The largest absolute Gasteiger partial charge is 0.550 e. The second-order valence-electron chi connectivity index (χ2n) is 12.4. The SMILES string of the molecule is C[C@H](CCC(=O)NCCC(=O)[O-])[C@H]1CC[C@H]2[C@@H]3CC[C@@H]4C[C@H](O)CC[C@]4(C)[C@H]3C[C@H](O)[C@]12C. The van der Waals surface area contributed by atoms with Crippen molar-refractivity contribution in [3.8, 4) is 0 Å². The molecule has 4 saturated carbocycles. The molecule has 0 aromatic rings. The van der Waals surface area contributed by atoms with E-state index in [0.29, 0.717) is 41.9 Å². The Bertz CT molecular complexity index is 742. The molecule has 3 N–H and O–H groups in total. The molecular formula is C27H44NO5-. The molecule has 4 aliphatic rings. The van der Waals surface area contributed by atoms with E-state index in [4.69, 9.17) is 0 Å². The summed E-state index contributed by atoms with van der Waals surface area (Å²) in [4.78, 5) is 22.7. The molecule has 0 bridgehead atoms. The molecule has 0 heterocycles. The maximum Gasteiger partial charge on any atom is 0.220 e. The summed E-state index contributed by atoms with van der Waals surface area (Å²) in [5, 5.41) is 35.1. The molecule has 33 heavy (non-hydrogen) atoms. The molecular weight excluding hydrogens is 418 g/mol. The molecule has 4 rings (SSSR count). The van der Waals surface area contributed by atoms with Crippen molar-refractivity contribution in [3.05, 3.63) is 0 Å². The van der Waals surface area contributed by atoms with E-state index in [1.165, 1.54) is 19.3 Å². The van der Waals surface area contributed by atoms with Crippen LogP contribution in [0.4, 0.5) is 0 Å². The third-order valence-electron chi connectivity index (χ3n) is 11.0. The first kappa shape index (κ1) is 25.0. The average Bonchev–Trinajstić information content (AvgIpc) is 3.12. The van der Waals surface area contributed by atoms with Gasteiger partial charge in [0.2, 0.25) is 5.91 Å². The highest BCUT2D eigenvalue weighted by Gasteiger charge is 2.63. The Morgan fingerprint density at radius 1 is 1.03 bits per heavy atom. The number of carbonyl (C=O) groups excluding carboxylic acids is 2. The summed E-state index contributed by atoms with van der Waals surface area (Å²) >= 11 is 0. The summed E-state index contributed by atoms with van der Waals surface area (Å²) in [5.74, 6) is 1.86. The van der Waals surface area contributed by atoms with Crippen LogP contribution in [0.3, 0.4) is 0 Å². The summed E-state index contributed by atoms with van der Waals surface area (Å²) in [6.07, 6.45) is 9.09. The molecule has 0 radical (unpaired) electrons. The monoisotopic (exact) mass is 462 g/mol. The fourth-order valence-corrected chi connectivity index (χ4v) is 9.11. The van der Waals surface area contributed by atoms with Crippen molar-refractivity contribution < 1.29 is 24.9 Å². The van der Waals surface area contributed by atoms with Crippen molar-refractivity contribution >= 4 is 11.9 Å². The summed E-state index contributed by atoms with van der Waals surface area (Å²) in [6, 6.07) is 0. The molecule has 0 spiro atoms. The number of aliphatic carboxylic acids is 1. The van der Waals surface area contributed by atoms with Crippen molar-refractivity contribution in [2.24, 2.45) is 46.3 Å². The van der Waals surface area contributed by atoms with Gasteiger partial charge in [0.25, 0.3) is 0 Å². The molecule has 188 valence electrons. The normalized spacial score (nSPS) is 45.4. The van der Waals surface area contributed by atoms with Gasteiger partial charge in [-0.15, -0.1) is 0 Å². The second-order valence-corrected chi connectivity index (χ2v) is 12.4. The van der Waals surface area contributed by atoms with Gasteiger partial charge < -0.3 is 25.4 Å². The number of carboxylic acids is 1. The minimum Gasteiger partial charge on any atom is -0.550 e. The zero-order valence-corrected chi connectivity index (χ0v) is 20.7. The fraction of sp³-hybridized carbons (Fsp3) is 0.926. The van der Waals surface area contributed by atoms with Crippen molar-refractivity contribution in [1.29, 1.82) is 0 Å². The highest BCUT2D eigenvalue weighted by molar-refractivity contribution is 5.76. The second kappa shape index (κ2) is 9.49. The Labute approximate surface area is 198 Å².